The van der Waals surface area contributed by atoms with E-state index in [4.69, 9.17) is 27.9 Å². The first-order chi connectivity index (χ1) is 10.1. The first-order valence-corrected chi connectivity index (χ1v) is 8.94. The lowest BCUT2D eigenvalue weighted by Gasteiger charge is -2.23. The van der Waals surface area contributed by atoms with Gasteiger partial charge in [-0.05, 0) is 48.8 Å². The fourth-order valence-electron chi connectivity index (χ4n) is 2.22. The van der Waals surface area contributed by atoms with E-state index >= 15 is 0 Å². The van der Waals surface area contributed by atoms with Crippen LogP contribution in [0.25, 0.3) is 0 Å². The fraction of sp³-hybridized carbons (Fsp3) is 0.533. The van der Waals surface area contributed by atoms with Crippen molar-refractivity contribution in [1.82, 2.24) is 5.32 Å². The summed E-state index contributed by atoms with van der Waals surface area (Å²) in [7, 11) is 0. The summed E-state index contributed by atoms with van der Waals surface area (Å²) in [6.07, 6.45) is 2.68. The summed E-state index contributed by atoms with van der Waals surface area (Å²) >= 11 is 13.5. The molecule has 0 saturated carbocycles. The number of carbonyl (C=O) groups excluding carboxylic acids is 1. The Bertz CT molecular complexity index is 458. The van der Waals surface area contributed by atoms with Crippen LogP contribution >= 0.6 is 35.0 Å². The Kier molecular flexibility index (Phi) is 7.17. The van der Waals surface area contributed by atoms with E-state index in [1.54, 1.807) is 17.8 Å². The first-order valence-electron chi connectivity index (χ1n) is 7.03. The summed E-state index contributed by atoms with van der Waals surface area (Å²) in [5.74, 6) is 1.47. The normalized spacial score (nSPS) is 15.9. The Balaban J connectivity index is 1.63. The Morgan fingerprint density at radius 3 is 2.57 bits per heavy atom. The van der Waals surface area contributed by atoms with Crippen LogP contribution in [0, 0.1) is 0 Å². The number of amides is 1. The average molecular weight is 348 g/mol. The topological polar surface area (TPSA) is 38.3 Å². The number of benzene rings is 1. The monoisotopic (exact) mass is 347 g/mol. The number of hydrogen-bond acceptors (Lipinski definition) is 3. The van der Waals surface area contributed by atoms with Gasteiger partial charge in [-0.1, -0.05) is 23.2 Å². The third-order valence-electron chi connectivity index (χ3n) is 3.28. The third-order valence-corrected chi connectivity index (χ3v) is 4.67. The van der Waals surface area contributed by atoms with Gasteiger partial charge in [-0.25, -0.2) is 0 Å². The predicted octanol–water partition coefficient (Wildman–Crippen LogP) is 3.56. The van der Waals surface area contributed by atoms with E-state index in [0.717, 1.165) is 43.8 Å². The minimum atomic E-state index is 0.107. The zero-order chi connectivity index (χ0) is 15.1. The lowest BCUT2D eigenvalue weighted by Crippen LogP contribution is -2.39. The molecule has 116 valence electrons. The number of ether oxygens (including phenoxy) is 1. The van der Waals surface area contributed by atoms with E-state index in [1.807, 2.05) is 12.1 Å². The Morgan fingerprint density at radius 2 is 1.90 bits per heavy atom. The largest absolute Gasteiger partial charge is 0.381 e. The average Bonchev–Trinajstić information content (AvgIpc) is 2.44. The molecule has 2 rings (SSSR count). The van der Waals surface area contributed by atoms with Crippen LogP contribution in [0.5, 0.6) is 0 Å². The van der Waals surface area contributed by atoms with Crippen LogP contribution in [0.1, 0.15) is 18.4 Å². The molecule has 3 nitrogen and oxygen atoms in total. The molecule has 0 spiro atoms. The van der Waals surface area contributed by atoms with E-state index in [-0.39, 0.29) is 11.9 Å². The molecule has 0 unspecified atom stereocenters. The number of thioether (sulfide) groups is 1. The number of rotatable bonds is 6. The van der Waals surface area contributed by atoms with Crippen LogP contribution in [0.4, 0.5) is 0 Å². The van der Waals surface area contributed by atoms with Crippen molar-refractivity contribution in [2.45, 2.75) is 25.3 Å². The van der Waals surface area contributed by atoms with Crippen molar-refractivity contribution in [3.05, 3.63) is 33.8 Å². The summed E-state index contributed by atoms with van der Waals surface area (Å²) in [5, 5.41) is 4.36. The van der Waals surface area contributed by atoms with Crippen LogP contribution in [-0.4, -0.2) is 36.7 Å². The highest BCUT2D eigenvalue weighted by atomic mass is 35.5. The van der Waals surface area contributed by atoms with Crippen molar-refractivity contribution >= 4 is 40.9 Å². The van der Waals surface area contributed by atoms with E-state index < -0.39 is 0 Å². The number of halogens is 2. The smallest absolute Gasteiger partial charge is 0.230 e. The molecule has 1 saturated heterocycles. The number of nitrogens with one attached hydrogen (secondary N) is 1. The first kappa shape index (κ1) is 16.9. The molecular formula is C15H19Cl2NO2S. The van der Waals surface area contributed by atoms with Gasteiger partial charge in [0, 0.05) is 29.3 Å². The maximum Gasteiger partial charge on any atom is 0.230 e. The van der Waals surface area contributed by atoms with Gasteiger partial charge in [0.05, 0.1) is 5.75 Å². The standard InChI is InChI=1S/C15H19Cl2NO2S/c16-12-7-11(8-13(17)9-12)3-6-21-10-15(19)18-14-1-4-20-5-2-14/h7-9,14H,1-6,10H2,(H,18,19). The van der Waals surface area contributed by atoms with Crippen LogP contribution in [0.3, 0.4) is 0 Å². The fourth-order valence-corrected chi connectivity index (χ4v) is 3.59. The van der Waals surface area contributed by atoms with Crippen LogP contribution in [0.15, 0.2) is 18.2 Å². The molecule has 1 fully saturated rings. The summed E-state index contributed by atoms with van der Waals surface area (Å²) in [4.78, 5) is 11.8. The molecule has 1 N–H and O–H groups in total. The van der Waals surface area contributed by atoms with Gasteiger partial charge in [-0.2, -0.15) is 11.8 Å². The van der Waals surface area contributed by atoms with Crippen LogP contribution < -0.4 is 5.32 Å². The van der Waals surface area contributed by atoms with Crippen molar-refractivity contribution in [3.63, 3.8) is 0 Å². The zero-order valence-corrected chi connectivity index (χ0v) is 14.1. The molecule has 1 heterocycles. The highest BCUT2D eigenvalue weighted by Crippen LogP contribution is 2.20. The minimum Gasteiger partial charge on any atom is -0.381 e. The lowest BCUT2D eigenvalue weighted by atomic mass is 10.1. The van der Waals surface area contributed by atoms with Crippen LogP contribution in [-0.2, 0) is 16.0 Å². The van der Waals surface area contributed by atoms with Gasteiger partial charge in [0.1, 0.15) is 0 Å². The van der Waals surface area contributed by atoms with Gasteiger partial charge in [0.2, 0.25) is 5.91 Å². The second kappa shape index (κ2) is 8.89. The van der Waals surface area contributed by atoms with Gasteiger partial charge in [-0.3, -0.25) is 4.79 Å². The molecular weight excluding hydrogens is 329 g/mol. The molecule has 6 heteroatoms. The summed E-state index contributed by atoms with van der Waals surface area (Å²) < 4.78 is 5.27. The minimum absolute atomic E-state index is 0.107. The van der Waals surface area contributed by atoms with E-state index in [1.165, 1.54) is 0 Å². The SMILES string of the molecule is O=C(CSCCc1cc(Cl)cc(Cl)c1)NC1CCOCC1. The highest BCUT2D eigenvalue weighted by Gasteiger charge is 2.15. The van der Waals surface area contributed by atoms with E-state index in [9.17, 15) is 4.79 Å². The predicted molar refractivity (Wildman–Crippen MR) is 89.5 cm³/mol. The van der Waals surface area contributed by atoms with Crippen LogP contribution in [0.2, 0.25) is 10.0 Å². The Morgan fingerprint density at radius 1 is 1.24 bits per heavy atom. The molecule has 0 aromatic heterocycles. The molecule has 21 heavy (non-hydrogen) atoms. The Hall–Kier alpha value is -0.420. The maximum atomic E-state index is 11.8. The molecule has 0 atom stereocenters. The van der Waals surface area contributed by atoms with Crippen molar-refractivity contribution < 1.29 is 9.53 Å². The van der Waals surface area contributed by atoms with Gasteiger partial charge in [0.15, 0.2) is 0 Å². The zero-order valence-electron chi connectivity index (χ0n) is 11.7. The summed E-state index contributed by atoms with van der Waals surface area (Å²) in [6.45, 7) is 1.49. The van der Waals surface area contributed by atoms with Gasteiger partial charge >= 0.3 is 0 Å². The van der Waals surface area contributed by atoms with Gasteiger partial charge in [0.25, 0.3) is 0 Å². The Labute approximate surface area is 139 Å². The van der Waals surface area contributed by atoms with Crippen molar-refractivity contribution in [2.75, 3.05) is 24.7 Å². The number of aryl methyl sites for hydroxylation is 1. The molecule has 0 radical (unpaired) electrons. The lowest BCUT2D eigenvalue weighted by molar-refractivity contribution is -0.119. The van der Waals surface area contributed by atoms with E-state index in [2.05, 4.69) is 5.32 Å². The van der Waals surface area contributed by atoms with Crippen molar-refractivity contribution in [3.8, 4) is 0 Å². The second-order valence-electron chi connectivity index (χ2n) is 5.03. The molecule has 1 aliphatic rings. The molecule has 1 amide bonds. The van der Waals surface area contributed by atoms with Crippen molar-refractivity contribution in [1.29, 1.82) is 0 Å². The van der Waals surface area contributed by atoms with Gasteiger partial charge in [-0.15, -0.1) is 0 Å². The summed E-state index contributed by atoms with van der Waals surface area (Å²) in [5.41, 5.74) is 1.10. The maximum absolute atomic E-state index is 11.8. The molecule has 0 bridgehead atoms. The molecule has 0 aliphatic carbocycles. The summed E-state index contributed by atoms with van der Waals surface area (Å²) in [6, 6.07) is 5.83. The number of carbonyl (C=O) groups is 1. The van der Waals surface area contributed by atoms with Crippen molar-refractivity contribution in [2.24, 2.45) is 0 Å². The second-order valence-corrected chi connectivity index (χ2v) is 7.01. The molecule has 1 aromatic carbocycles. The molecule has 1 aromatic rings. The van der Waals surface area contributed by atoms with E-state index in [0.29, 0.717) is 15.8 Å². The highest BCUT2D eigenvalue weighted by molar-refractivity contribution is 7.99. The van der Waals surface area contributed by atoms with Gasteiger partial charge < -0.3 is 10.1 Å². The molecule has 1 aliphatic heterocycles. The number of hydrogen-bond donors (Lipinski definition) is 1. The quantitative estimate of drug-likeness (QED) is 0.799. The third kappa shape index (κ3) is 6.47.